The number of hydrogen-bond acceptors (Lipinski definition) is 4. The summed E-state index contributed by atoms with van der Waals surface area (Å²) in [5.41, 5.74) is 1.54. The van der Waals surface area contributed by atoms with Gasteiger partial charge in [0.15, 0.2) is 0 Å². The molecule has 0 spiro atoms. The molecule has 1 aromatic rings. The molecule has 1 aromatic carbocycles. The van der Waals surface area contributed by atoms with Gasteiger partial charge in [0.1, 0.15) is 11.8 Å². The Morgan fingerprint density at radius 2 is 2.19 bits per heavy atom. The molecule has 0 aliphatic rings. The summed E-state index contributed by atoms with van der Waals surface area (Å²) in [7, 11) is 1.54. The van der Waals surface area contributed by atoms with Gasteiger partial charge in [0.25, 0.3) is 0 Å². The summed E-state index contributed by atoms with van der Waals surface area (Å²) in [5.74, 6) is 0.586. The molecule has 0 aliphatic carbocycles. The Hall–Kier alpha value is -2.04. The number of nitrogens with zero attached hydrogens (tertiary/aromatic N) is 2. The van der Waals surface area contributed by atoms with Crippen LogP contribution in [0, 0.1) is 22.7 Å². The molecule has 0 heterocycles. The zero-order valence-corrected chi connectivity index (χ0v) is 9.16. The van der Waals surface area contributed by atoms with E-state index >= 15 is 0 Å². The van der Waals surface area contributed by atoms with E-state index in [0.717, 1.165) is 5.56 Å². The zero-order chi connectivity index (χ0) is 11.8. The summed E-state index contributed by atoms with van der Waals surface area (Å²) in [6.07, 6.45) is 0.487. The molecular formula is C12H13N3O. The lowest BCUT2D eigenvalue weighted by atomic mass is 10.1. The quantitative estimate of drug-likeness (QED) is 0.757. The van der Waals surface area contributed by atoms with Crippen LogP contribution in [0.5, 0.6) is 5.75 Å². The molecule has 1 rings (SSSR count). The number of nitrogens with one attached hydrogen (secondary N) is 1. The van der Waals surface area contributed by atoms with Gasteiger partial charge in [0.2, 0.25) is 0 Å². The summed E-state index contributed by atoms with van der Waals surface area (Å²) in [4.78, 5) is 0. The standard InChI is InChI=1S/C12H13N3O/c1-16-12-4-3-10(7-11(12)8-14)9-15-6-2-5-13/h3-4,7,15H,2,6,9H2,1H3. The molecule has 0 unspecified atom stereocenters. The van der Waals surface area contributed by atoms with Crippen LogP contribution in [0.3, 0.4) is 0 Å². The van der Waals surface area contributed by atoms with E-state index in [1.165, 1.54) is 0 Å². The van der Waals surface area contributed by atoms with Gasteiger partial charge in [-0.3, -0.25) is 0 Å². The van der Waals surface area contributed by atoms with Crippen LogP contribution in [0.1, 0.15) is 17.5 Å². The Labute approximate surface area is 95.1 Å². The summed E-state index contributed by atoms with van der Waals surface area (Å²) < 4.78 is 5.05. The predicted molar refractivity (Wildman–Crippen MR) is 59.6 cm³/mol. The highest BCUT2D eigenvalue weighted by atomic mass is 16.5. The second-order valence-corrected chi connectivity index (χ2v) is 3.23. The van der Waals surface area contributed by atoms with E-state index in [4.69, 9.17) is 15.3 Å². The van der Waals surface area contributed by atoms with Gasteiger partial charge in [-0.2, -0.15) is 10.5 Å². The SMILES string of the molecule is COc1ccc(CNCCC#N)cc1C#N. The third-order valence-corrected chi connectivity index (χ3v) is 2.13. The van der Waals surface area contributed by atoms with Crippen molar-refractivity contribution in [1.29, 1.82) is 10.5 Å². The molecule has 1 N–H and O–H groups in total. The van der Waals surface area contributed by atoms with Crippen molar-refractivity contribution in [1.82, 2.24) is 5.32 Å². The number of ether oxygens (including phenoxy) is 1. The minimum absolute atomic E-state index is 0.487. The van der Waals surface area contributed by atoms with Gasteiger partial charge in [-0.05, 0) is 17.7 Å². The molecule has 4 heteroatoms. The molecule has 0 saturated carbocycles. The van der Waals surface area contributed by atoms with Crippen molar-refractivity contribution in [2.45, 2.75) is 13.0 Å². The second-order valence-electron chi connectivity index (χ2n) is 3.23. The summed E-state index contributed by atoms with van der Waals surface area (Å²) in [6.45, 7) is 1.31. The zero-order valence-electron chi connectivity index (χ0n) is 9.16. The Kier molecular flexibility index (Phi) is 4.85. The van der Waals surface area contributed by atoms with Crippen molar-refractivity contribution in [3.63, 3.8) is 0 Å². The van der Waals surface area contributed by atoms with E-state index in [1.807, 2.05) is 6.07 Å². The van der Waals surface area contributed by atoms with Crippen LogP contribution in [-0.2, 0) is 6.54 Å². The fourth-order valence-electron chi connectivity index (χ4n) is 1.33. The lowest BCUT2D eigenvalue weighted by Crippen LogP contribution is -2.14. The van der Waals surface area contributed by atoms with Crippen molar-refractivity contribution in [2.75, 3.05) is 13.7 Å². The van der Waals surface area contributed by atoms with Crippen LogP contribution < -0.4 is 10.1 Å². The average Bonchev–Trinajstić information content (AvgIpc) is 2.34. The van der Waals surface area contributed by atoms with Crippen LogP contribution in [0.4, 0.5) is 0 Å². The Morgan fingerprint density at radius 1 is 1.38 bits per heavy atom. The number of hydrogen-bond donors (Lipinski definition) is 1. The van der Waals surface area contributed by atoms with Gasteiger partial charge in [0.05, 0.1) is 18.7 Å². The van der Waals surface area contributed by atoms with Crippen molar-refractivity contribution in [3.05, 3.63) is 29.3 Å². The van der Waals surface area contributed by atoms with Crippen molar-refractivity contribution in [2.24, 2.45) is 0 Å². The second kappa shape index (κ2) is 6.44. The van der Waals surface area contributed by atoms with E-state index < -0.39 is 0 Å². The predicted octanol–water partition coefficient (Wildman–Crippen LogP) is 1.57. The Morgan fingerprint density at radius 3 is 2.81 bits per heavy atom. The van der Waals surface area contributed by atoms with E-state index in [2.05, 4.69) is 17.5 Å². The fourth-order valence-corrected chi connectivity index (χ4v) is 1.33. The van der Waals surface area contributed by atoms with Gasteiger partial charge in [-0.25, -0.2) is 0 Å². The number of nitriles is 2. The maximum Gasteiger partial charge on any atom is 0.136 e. The van der Waals surface area contributed by atoms with E-state index in [1.54, 1.807) is 19.2 Å². The van der Waals surface area contributed by atoms with Gasteiger partial charge in [-0.1, -0.05) is 6.07 Å². The van der Waals surface area contributed by atoms with Crippen molar-refractivity contribution in [3.8, 4) is 17.9 Å². The molecule has 0 fully saturated rings. The van der Waals surface area contributed by atoms with Crippen molar-refractivity contribution >= 4 is 0 Å². The topological polar surface area (TPSA) is 68.8 Å². The van der Waals surface area contributed by atoms with E-state index in [9.17, 15) is 0 Å². The first-order chi connectivity index (χ1) is 7.81. The number of rotatable bonds is 5. The minimum atomic E-state index is 0.487. The normalized spacial score (nSPS) is 9.19. The van der Waals surface area contributed by atoms with Gasteiger partial charge >= 0.3 is 0 Å². The molecule has 0 saturated heterocycles. The molecule has 0 aliphatic heterocycles. The highest BCUT2D eigenvalue weighted by molar-refractivity contribution is 5.45. The lowest BCUT2D eigenvalue weighted by molar-refractivity contribution is 0.413. The molecule has 0 amide bonds. The van der Waals surface area contributed by atoms with Crippen LogP contribution in [-0.4, -0.2) is 13.7 Å². The molecule has 4 nitrogen and oxygen atoms in total. The van der Waals surface area contributed by atoms with E-state index in [0.29, 0.717) is 30.8 Å². The molecule has 0 radical (unpaired) electrons. The Balaban J connectivity index is 2.62. The van der Waals surface area contributed by atoms with Gasteiger partial charge < -0.3 is 10.1 Å². The molecule has 0 bridgehead atoms. The summed E-state index contributed by atoms with van der Waals surface area (Å²) in [5, 5.41) is 20.4. The minimum Gasteiger partial charge on any atom is -0.495 e. The van der Waals surface area contributed by atoms with Gasteiger partial charge in [0, 0.05) is 19.5 Å². The maximum absolute atomic E-state index is 8.89. The van der Waals surface area contributed by atoms with E-state index in [-0.39, 0.29) is 0 Å². The third kappa shape index (κ3) is 3.27. The highest BCUT2D eigenvalue weighted by Gasteiger charge is 2.02. The first-order valence-corrected chi connectivity index (χ1v) is 4.96. The van der Waals surface area contributed by atoms with Gasteiger partial charge in [-0.15, -0.1) is 0 Å². The molecule has 82 valence electrons. The van der Waals surface area contributed by atoms with Crippen LogP contribution in [0.2, 0.25) is 0 Å². The molecular weight excluding hydrogens is 202 g/mol. The summed E-state index contributed by atoms with van der Waals surface area (Å²) in [6, 6.07) is 9.61. The van der Waals surface area contributed by atoms with Crippen LogP contribution in [0.15, 0.2) is 18.2 Å². The molecule has 0 aromatic heterocycles. The maximum atomic E-state index is 8.89. The smallest absolute Gasteiger partial charge is 0.136 e. The molecule has 0 atom stereocenters. The lowest BCUT2D eigenvalue weighted by Gasteiger charge is -2.06. The van der Waals surface area contributed by atoms with Crippen molar-refractivity contribution < 1.29 is 4.74 Å². The Bertz CT molecular complexity index is 429. The van der Waals surface area contributed by atoms with Crippen LogP contribution in [0.25, 0.3) is 0 Å². The monoisotopic (exact) mass is 215 g/mol. The average molecular weight is 215 g/mol. The largest absolute Gasteiger partial charge is 0.495 e. The highest BCUT2D eigenvalue weighted by Crippen LogP contribution is 2.18. The van der Waals surface area contributed by atoms with Crippen LogP contribution >= 0.6 is 0 Å². The third-order valence-electron chi connectivity index (χ3n) is 2.13. The molecule has 16 heavy (non-hydrogen) atoms. The summed E-state index contributed by atoms with van der Waals surface area (Å²) >= 11 is 0. The fraction of sp³-hybridized carbons (Fsp3) is 0.333. The first-order valence-electron chi connectivity index (χ1n) is 4.96. The number of methoxy groups -OCH3 is 1. The first kappa shape index (κ1) is 12.0. The number of benzene rings is 1.